The number of benzene rings is 2. The molecule has 0 saturated carbocycles. The molecular formula is C34H35ClN6O4. The third-order valence-electron chi connectivity index (χ3n) is 6.85. The van der Waals surface area contributed by atoms with Crippen LogP contribution in [0.15, 0.2) is 73.1 Å². The van der Waals surface area contributed by atoms with Gasteiger partial charge in [0.25, 0.3) is 0 Å². The van der Waals surface area contributed by atoms with E-state index in [9.17, 15) is 10.1 Å². The lowest BCUT2D eigenvalue weighted by Crippen LogP contribution is -2.35. The van der Waals surface area contributed by atoms with E-state index in [0.717, 1.165) is 12.1 Å². The summed E-state index contributed by atoms with van der Waals surface area (Å²) in [4.78, 5) is 21.7. The Balaban J connectivity index is 1.43. The number of anilines is 3. The quantitative estimate of drug-likeness (QED) is 0.159. The van der Waals surface area contributed by atoms with Crippen molar-refractivity contribution in [3.05, 3.63) is 89.4 Å². The number of nitrogens with one attached hydrogen (secondary N) is 3. The molecule has 1 aliphatic rings. The van der Waals surface area contributed by atoms with Gasteiger partial charge in [0.2, 0.25) is 5.91 Å². The van der Waals surface area contributed by atoms with Crippen LogP contribution in [0.4, 0.5) is 17.1 Å². The third kappa shape index (κ3) is 8.70. The molecular weight excluding hydrogens is 592 g/mol. The fraction of sp³-hybridized carbons (Fsp3) is 0.294. The number of carbonyl (C=O) groups excluding carboxylic acids is 1. The normalized spacial score (nSPS) is 14.8. The fourth-order valence-electron chi connectivity index (χ4n) is 4.60. The summed E-state index contributed by atoms with van der Waals surface area (Å²) in [6, 6.07) is 16.6. The molecule has 2 aromatic carbocycles. The van der Waals surface area contributed by atoms with Gasteiger partial charge in [-0.05, 0) is 57.2 Å². The van der Waals surface area contributed by atoms with Crippen molar-refractivity contribution in [3.63, 3.8) is 0 Å². The number of nitriles is 1. The van der Waals surface area contributed by atoms with Gasteiger partial charge < -0.3 is 30.2 Å². The van der Waals surface area contributed by atoms with Crippen molar-refractivity contribution in [1.82, 2.24) is 15.3 Å². The number of nitrogens with zero attached hydrogens (tertiary/aromatic N) is 3. The van der Waals surface area contributed by atoms with E-state index >= 15 is 0 Å². The van der Waals surface area contributed by atoms with Crippen LogP contribution < -0.4 is 25.4 Å². The van der Waals surface area contributed by atoms with E-state index in [1.165, 1.54) is 12.3 Å². The van der Waals surface area contributed by atoms with Gasteiger partial charge in [0.1, 0.15) is 30.3 Å². The Hall–Kier alpha value is -4.69. The van der Waals surface area contributed by atoms with Gasteiger partial charge >= 0.3 is 0 Å². The SMILES string of the molecule is CC(C)(C)NC/C=C/C(=O)Nc1cc2c(Nc3ccc(OCc4ccccn4)c(Cl)c3)c(C#N)cnc2cc1OC1CCOC1. The first-order chi connectivity index (χ1) is 21.7. The van der Waals surface area contributed by atoms with Crippen molar-refractivity contribution in [2.24, 2.45) is 0 Å². The van der Waals surface area contributed by atoms with Gasteiger partial charge in [0.15, 0.2) is 0 Å². The third-order valence-corrected chi connectivity index (χ3v) is 7.15. The monoisotopic (exact) mass is 626 g/mol. The molecule has 1 fully saturated rings. The highest BCUT2D eigenvalue weighted by molar-refractivity contribution is 6.32. The van der Waals surface area contributed by atoms with Crippen LogP contribution >= 0.6 is 11.6 Å². The predicted octanol–water partition coefficient (Wildman–Crippen LogP) is 6.53. The highest BCUT2D eigenvalue weighted by Gasteiger charge is 2.21. The molecule has 4 aromatic rings. The first kappa shape index (κ1) is 31.7. The van der Waals surface area contributed by atoms with E-state index in [4.69, 9.17) is 25.8 Å². The summed E-state index contributed by atoms with van der Waals surface area (Å²) in [5, 5.41) is 20.6. The molecule has 5 rings (SSSR count). The van der Waals surface area contributed by atoms with Crippen LogP contribution in [0, 0.1) is 11.3 Å². The maximum Gasteiger partial charge on any atom is 0.248 e. The van der Waals surface area contributed by atoms with Gasteiger partial charge in [0.05, 0.1) is 46.4 Å². The minimum atomic E-state index is -0.315. The Kier molecular flexibility index (Phi) is 10.1. The molecule has 1 amide bonds. The molecule has 0 aliphatic carbocycles. The van der Waals surface area contributed by atoms with Gasteiger partial charge in [-0.1, -0.05) is 23.7 Å². The van der Waals surface area contributed by atoms with E-state index < -0.39 is 0 Å². The molecule has 1 atom stereocenters. The molecule has 3 N–H and O–H groups in total. The van der Waals surface area contributed by atoms with E-state index in [1.807, 2.05) is 24.3 Å². The zero-order chi connectivity index (χ0) is 31.8. The number of pyridine rings is 2. The molecule has 45 heavy (non-hydrogen) atoms. The summed E-state index contributed by atoms with van der Waals surface area (Å²) in [5.41, 5.74) is 3.20. The molecule has 0 spiro atoms. The number of hydrogen-bond donors (Lipinski definition) is 3. The lowest BCUT2D eigenvalue weighted by Gasteiger charge is -2.19. The highest BCUT2D eigenvalue weighted by Crippen LogP contribution is 2.38. The average molecular weight is 627 g/mol. The zero-order valence-corrected chi connectivity index (χ0v) is 26.1. The number of rotatable bonds is 11. The molecule has 10 nitrogen and oxygen atoms in total. The largest absolute Gasteiger partial charge is 0.486 e. The number of hydrogen-bond acceptors (Lipinski definition) is 9. The van der Waals surface area contributed by atoms with Crippen LogP contribution in [0.5, 0.6) is 11.5 Å². The Morgan fingerprint density at radius 2 is 2.04 bits per heavy atom. The summed E-state index contributed by atoms with van der Waals surface area (Å²) >= 11 is 6.57. The van der Waals surface area contributed by atoms with Crippen LogP contribution in [-0.2, 0) is 16.1 Å². The smallest absolute Gasteiger partial charge is 0.248 e. The van der Waals surface area contributed by atoms with Crippen molar-refractivity contribution in [2.75, 3.05) is 30.4 Å². The van der Waals surface area contributed by atoms with Gasteiger partial charge in [-0.2, -0.15) is 5.26 Å². The molecule has 1 unspecified atom stereocenters. The maximum absolute atomic E-state index is 13.0. The van der Waals surface area contributed by atoms with Gasteiger partial charge in [-0.25, -0.2) is 0 Å². The van der Waals surface area contributed by atoms with Crippen molar-refractivity contribution < 1.29 is 19.0 Å². The number of amides is 1. The van der Waals surface area contributed by atoms with Crippen LogP contribution in [0.3, 0.4) is 0 Å². The standard InChI is InChI=1S/C34H35ClN6O4/c1-34(2,3)39-13-6-8-32(42)41-29-16-26-28(17-31(29)45-25-11-14-43-21-25)38-19-22(18-36)33(26)40-23-9-10-30(27(35)15-23)44-20-24-7-4-5-12-37-24/h4-10,12,15-17,19,25,39H,11,13-14,20-21H2,1-3H3,(H,38,40)(H,41,42)/b8-6+. The lowest BCUT2D eigenvalue weighted by molar-refractivity contribution is -0.111. The molecule has 0 radical (unpaired) electrons. The first-order valence-electron chi connectivity index (χ1n) is 14.6. The Morgan fingerprint density at radius 3 is 2.76 bits per heavy atom. The summed E-state index contributed by atoms with van der Waals surface area (Å²) < 4.78 is 17.6. The molecule has 2 aromatic heterocycles. The molecule has 0 bridgehead atoms. The number of carbonyl (C=O) groups is 1. The van der Waals surface area contributed by atoms with E-state index in [1.54, 1.807) is 36.5 Å². The minimum absolute atomic E-state index is 0.0738. The number of aromatic nitrogens is 2. The van der Waals surface area contributed by atoms with Crippen molar-refractivity contribution in [1.29, 1.82) is 5.26 Å². The van der Waals surface area contributed by atoms with Crippen molar-refractivity contribution in [2.45, 2.75) is 45.4 Å². The van der Waals surface area contributed by atoms with Crippen LogP contribution in [0.1, 0.15) is 38.4 Å². The highest BCUT2D eigenvalue weighted by atomic mass is 35.5. The number of halogens is 1. The second-order valence-corrected chi connectivity index (χ2v) is 11.9. The second-order valence-electron chi connectivity index (χ2n) is 11.5. The Labute approximate surface area is 267 Å². The lowest BCUT2D eigenvalue weighted by atomic mass is 10.1. The predicted molar refractivity (Wildman–Crippen MR) is 175 cm³/mol. The zero-order valence-electron chi connectivity index (χ0n) is 25.4. The average Bonchev–Trinajstić information content (AvgIpc) is 3.53. The summed E-state index contributed by atoms with van der Waals surface area (Å²) in [6.07, 6.45) is 7.04. The van der Waals surface area contributed by atoms with Crippen molar-refractivity contribution in [3.8, 4) is 17.6 Å². The van der Waals surface area contributed by atoms with Crippen LogP contribution in [-0.4, -0.2) is 47.3 Å². The summed E-state index contributed by atoms with van der Waals surface area (Å²) in [5.74, 6) is 0.652. The van der Waals surface area contributed by atoms with Crippen molar-refractivity contribution >= 4 is 45.5 Å². The molecule has 1 saturated heterocycles. The number of fused-ring (bicyclic) bond motifs is 1. The Morgan fingerprint density at radius 1 is 1.18 bits per heavy atom. The van der Waals surface area contributed by atoms with E-state index in [0.29, 0.717) is 69.8 Å². The Bertz CT molecular complexity index is 1730. The molecule has 1 aliphatic heterocycles. The number of ether oxygens (including phenoxy) is 3. The van der Waals surface area contributed by atoms with Gasteiger partial charge in [0, 0.05) is 54.1 Å². The topological polar surface area (TPSA) is 130 Å². The minimum Gasteiger partial charge on any atom is -0.486 e. The molecule has 3 heterocycles. The van der Waals surface area contributed by atoms with Crippen LogP contribution in [0.25, 0.3) is 10.9 Å². The van der Waals surface area contributed by atoms with E-state index in [-0.39, 0.29) is 24.2 Å². The first-order valence-corrected chi connectivity index (χ1v) is 15.0. The summed E-state index contributed by atoms with van der Waals surface area (Å²) in [6.45, 7) is 8.05. The van der Waals surface area contributed by atoms with Crippen LogP contribution in [0.2, 0.25) is 5.02 Å². The summed E-state index contributed by atoms with van der Waals surface area (Å²) in [7, 11) is 0. The maximum atomic E-state index is 13.0. The van der Waals surface area contributed by atoms with E-state index in [2.05, 4.69) is 52.8 Å². The fourth-order valence-corrected chi connectivity index (χ4v) is 4.84. The van der Waals surface area contributed by atoms with Gasteiger partial charge in [-0.3, -0.25) is 14.8 Å². The van der Waals surface area contributed by atoms with Gasteiger partial charge in [-0.15, -0.1) is 0 Å². The second kappa shape index (κ2) is 14.4. The molecule has 11 heteroatoms. The molecule has 232 valence electrons.